The minimum absolute atomic E-state index is 0.122. The summed E-state index contributed by atoms with van der Waals surface area (Å²) in [7, 11) is 0. The van der Waals surface area contributed by atoms with Crippen LogP contribution in [0.5, 0.6) is 0 Å². The highest BCUT2D eigenvalue weighted by atomic mass is 16.4. The SMILES string of the molecule is CC(C)(C)NC(=O)C(C(N)=NO)c1ccccc1. The molecule has 0 heterocycles. The van der Waals surface area contributed by atoms with Crippen LogP contribution in [-0.2, 0) is 4.79 Å². The zero-order valence-corrected chi connectivity index (χ0v) is 10.8. The maximum absolute atomic E-state index is 12.2. The van der Waals surface area contributed by atoms with Gasteiger partial charge in [-0.2, -0.15) is 0 Å². The standard InChI is InChI=1S/C13H19N3O2/c1-13(2,3)15-12(17)10(11(14)16-18)9-7-5-4-6-8-9/h4-8,10,18H,1-3H3,(H2,14,16)(H,15,17). The predicted octanol–water partition coefficient (Wildman–Crippen LogP) is 1.43. The van der Waals surface area contributed by atoms with E-state index in [0.717, 1.165) is 0 Å². The normalized spacial score (nSPS) is 14.1. The molecular formula is C13H19N3O2. The van der Waals surface area contributed by atoms with E-state index in [1.54, 1.807) is 24.3 Å². The van der Waals surface area contributed by atoms with E-state index < -0.39 is 5.92 Å². The Balaban J connectivity index is 3.05. The Bertz CT molecular complexity index is 435. The third-order valence-electron chi connectivity index (χ3n) is 2.30. The molecule has 1 aromatic carbocycles. The highest BCUT2D eigenvalue weighted by Crippen LogP contribution is 2.17. The summed E-state index contributed by atoms with van der Waals surface area (Å²) in [6.07, 6.45) is 0. The molecule has 1 rings (SSSR count). The molecule has 1 amide bonds. The van der Waals surface area contributed by atoms with E-state index in [4.69, 9.17) is 10.9 Å². The molecule has 0 aliphatic rings. The van der Waals surface area contributed by atoms with Crippen molar-refractivity contribution in [2.45, 2.75) is 32.2 Å². The monoisotopic (exact) mass is 249 g/mol. The maximum Gasteiger partial charge on any atom is 0.235 e. The smallest absolute Gasteiger partial charge is 0.235 e. The minimum atomic E-state index is -0.782. The molecular weight excluding hydrogens is 230 g/mol. The molecule has 1 aromatic rings. The average molecular weight is 249 g/mol. The summed E-state index contributed by atoms with van der Waals surface area (Å²) in [5, 5.41) is 14.6. The second-order valence-corrected chi connectivity index (χ2v) is 5.11. The Morgan fingerprint density at radius 2 is 1.89 bits per heavy atom. The molecule has 0 aromatic heterocycles. The van der Waals surface area contributed by atoms with Crippen LogP contribution in [0.2, 0.25) is 0 Å². The highest BCUT2D eigenvalue weighted by molar-refractivity contribution is 6.07. The van der Waals surface area contributed by atoms with Crippen LogP contribution in [0.15, 0.2) is 35.5 Å². The summed E-state index contributed by atoms with van der Waals surface area (Å²) < 4.78 is 0. The molecule has 98 valence electrons. The molecule has 0 radical (unpaired) electrons. The summed E-state index contributed by atoms with van der Waals surface area (Å²) in [5.74, 6) is -1.19. The molecule has 0 fully saturated rings. The van der Waals surface area contributed by atoms with Crippen LogP contribution in [0.1, 0.15) is 32.3 Å². The van der Waals surface area contributed by atoms with E-state index in [9.17, 15) is 4.79 Å². The Kier molecular flexibility index (Phi) is 4.31. The van der Waals surface area contributed by atoms with Crippen molar-refractivity contribution in [1.29, 1.82) is 0 Å². The zero-order valence-electron chi connectivity index (χ0n) is 10.8. The number of benzene rings is 1. The number of amidine groups is 1. The fourth-order valence-corrected chi connectivity index (χ4v) is 1.60. The lowest BCUT2D eigenvalue weighted by Gasteiger charge is -2.24. The van der Waals surface area contributed by atoms with E-state index >= 15 is 0 Å². The fraction of sp³-hybridized carbons (Fsp3) is 0.385. The summed E-state index contributed by atoms with van der Waals surface area (Å²) in [5.41, 5.74) is 5.92. The number of carbonyl (C=O) groups is 1. The first-order valence-corrected chi connectivity index (χ1v) is 5.69. The number of nitrogens with one attached hydrogen (secondary N) is 1. The van der Waals surface area contributed by atoms with E-state index in [-0.39, 0.29) is 17.3 Å². The van der Waals surface area contributed by atoms with Gasteiger partial charge in [0.2, 0.25) is 5.91 Å². The van der Waals surface area contributed by atoms with Gasteiger partial charge >= 0.3 is 0 Å². The van der Waals surface area contributed by atoms with Crippen LogP contribution in [-0.4, -0.2) is 22.5 Å². The van der Waals surface area contributed by atoms with E-state index in [0.29, 0.717) is 5.56 Å². The number of amides is 1. The predicted molar refractivity (Wildman–Crippen MR) is 70.5 cm³/mol. The fourth-order valence-electron chi connectivity index (χ4n) is 1.60. The van der Waals surface area contributed by atoms with Crippen LogP contribution in [0.25, 0.3) is 0 Å². The van der Waals surface area contributed by atoms with E-state index in [1.165, 1.54) is 0 Å². The second-order valence-electron chi connectivity index (χ2n) is 5.11. The Morgan fingerprint density at radius 3 is 2.33 bits per heavy atom. The van der Waals surface area contributed by atoms with Crippen molar-refractivity contribution >= 4 is 11.7 Å². The van der Waals surface area contributed by atoms with Crippen LogP contribution >= 0.6 is 0 Å². The molecule has 0 saturated heterocycles. The largest absolute Gasteiger partial charge is 0.409 e. The summed E-state index contributed by atoms with van der Waals surface area (Å²) in [4.78, 5) is 12.2. The van der Waals surface area contributed by atoms with Crippen molar-refractivity contribution in [1.82, 2.24) is 5.32 Å². The maximum atomic E-state index is 12.2. The van der Waals surface area contributed by atoms with Crippen molar-refractivity contribution < 1.29 is 10.0 Å². The molecule has 1 atom stereocenters. The number of hydrogen-bond acceptors (Lipinski definition) is 3. The first-order valence-electron chi connectivity index (χ1n) is 5.69. The van der Waals surface area contributed by atoms with Crippen molar-refractivity contribution in [2.24, 2.45) is 10.9 Å². The third kappa shape index (κ3) is 3.76. The number of nitrogens with two attached hydrogens (primary N) is 1. The summed E-state index contributed by atoms with van der Waals surface area (Å²) in [6.45, 7) is 5.62. The molecule has 5 nitrogen and oxygen atoms in total. The van der Waals surface area contributed by atoms with Gasteiger partial charge in [-0.05, 0) is 26.3 Å². The van der Waals surface area contributed by atoms with Crippen LogP contribution in [0.4, 0.5) is 0 Å². The van der Waals surface area contributed by atoms with Crippen LogP contribution in [0, 0.1) is 0 Å². The van der Waals surface area contributed by atoms with Gasteiger partial charge in [-0.3, -0.25) is 4.79 Å². The topological polar surface area (TPSA) is 87.7 Å². The molecule has 5 heteroatoms. The van der Waals surface area contributed by atoms with Gasteiger partial charge in [0.05, 0.1) is 0 Å². The zero-order chi connectivity index (χ0) is 13.8. The molecule has 18 heavy (non-hydrogen) atoms. The van der Waals surface area contributed by atoms with Crippen LogP contribution in [0.3, 0.4) is 0 Å². The van der Waals surface area contributed by atoms with Crippen molar-refractivity contribution in [3.8, 4) is 0 Å². The number of rotatable bonds is 3. The highest BCUT2D eigenvalue weighted by Gasteiger charge is 2.27. The van der Waals surface area contributed by atoms with Gasteiger partial charge in [0.25, 0.3) is 0 Å². The van der Waals surface area contributed by atoms with Crippen molar-refractivity contribution in [3.05, 3.63) is 35.9 Å². The minimum Gasteiger partial charge on any atom is -0.409 e. The molecule has 0 aliphatic heterocycles. The molecule has 0 saturated carbocycles. The second kappa shape index (κ2) is 5.53. The third-order valence-corrected chi connectivity index (χ3v) is 2.30. The molecule has 4 N–H and O–H groups in total. The van der Waals surface area contributed by atoms with Gasteiger partial charge in [-0.1, -0.05) is 35.5 Å². The molecule has 0 bridgehead atoms. The van der Waals surface area contributed by atoms with E-state index in [2.05, 4.69) is 10.5 Å². The number of hydrogen-bond donors (Lipinski definition) is 3. The van der Waals surface area contributed by atoms with Gasteiger partial charge in [-0.15, -0.1) is 0 Å². The van der Waals surface area contributed by atoms with Gasteiger partial charge in [0.1, 0.15) is 5.92 Å². The lowest BCUT2D eigenvalue weighted by Crippen LogP contribution is -2.46. The first-order chi connectivity index (χ1) is 8.35. The lowest BCUT2D eigenvalue weighted by atomic mass is 9.95. The average Bonchev–Trinajstić information content (AvgIpc) is 2.28. The first kappa shape index (κ1) is 14.0. The number of oxime groups is 1. The van der Waals surface area contributed by atoms with Crippen LogP contribution < -0.4 is 11.1 Å². The molecule has 0 spiro atoms. The summed E-state index contributed by atoms with van der Waals surface area (Å²) >= 11 is 0. The Morgan fingerprint density at radius 1 is 1.33 bits per heavy atom. The Labute approximate surface area is 107 Å². The Hall–Kier alpha value is -2.04. The van der Waals surface area contributed by atoms with Gasteiger partial charge in [-0.25, -0.2) is 0 Å². The van der Waals surface area contributed by atoms with Crippen molar-refractivity contribution in [2.75, 3.05) is 0 Å². The summed E-state index contributed by atoms with van der Waals surface area (Å²) in [6, 6.07) is 8.99. The number of carbonyl (C=O) groups excluding carboxylic acids is 1. The quantitative estimate of drug-likeness (QED) is 0.328. The molecule has 1 unspecified atom stereocenters. The number of nitrogens with zero attached hydrogens (tertiary/aromatic N) is 1. The van der Waals surface area contributed by atoms with Gasteiger partial charge in [0.15, 0.2) is 5.84 Å². The molecule has 0 aliphatic carbocycles. The van der Waals surface area contributed by atoms with Crippen molar-refractivity contribution in [3.63, 3.8) is 0 Å². The van der Waals surface area contributed by atoms with Gasteiger partial charge < -0.3 is 16.3 Å². The lowest BCUT2D eigenvalue weighted by molar-refractivity contribution is -0.122. The van der Waals surface area contributed by atoms with Gasteiger partial charge in [0, 0.05) is 5.54 Å². The van der Waals surface area contributed by atoms with E-state index in [1.807, 2.05) is 26.8 Å².